The summed E-state index contributed by atoms with van der Waals surface area (Å²) in [6, 6.07) is 7.14. The minimum absolute atomic E-state index is 0.233. The van der Waals surface area contributed by atoms with Gasteiger partial charge in [-0.2, -0.15) is 8.78 Å². The van der Waals surface area contributed by atoms with Crippen molar-refractivity contribution < 1.29 is 18.3 Å². The SMILES string of the molecule is COCC(NCc1ccccc1OC(F)F)C1CC1. The average molecular weight is 271 g/mol. The summed E-state index contributed by atoms with van der Waals surface area (Å²) in [6.07, 6.45) is 2.41. The van der Waals surface area contributed by atoms with E-state index < -0.39 is 6.61 Å². The second kappa shape index (κ2) is 6.82. The van der Waals surface area contributed by atoms with Crippen molar-refractivity contribution in [1.82, 2.24) is 5.32 Å². The molecule has 0 radical (unpaired) electrons. The Morgan fingerprint density at radius 2 is 2.05 bits per heavy atom. The van der Waals surface area contributed by atoms with Gasteiger partial charge in [0.15, 0.2) is 0 Å². The minimum Gasteiger partial charge on any atom is -0.434 e. The van der Waals surface area contributed by atoms with Crippen molar-refractivity contribution in [3.05, 3.63) is 29.8 Å². The monoisotopic (exact) mass is 271 g/mol. The lowest BCUT2D eigenvalue weighted by Gasteiger charge is -2.18. The Kier molecular flexibility index (Phi) is 5.10. The first kappa shape index (κ1) is 14.2. The third-order valence-corrected chi connectivity index (χ3v) is 3.28. The highest BCUT2D eigenvalue weighted by Gasteiger charge is 2.30. The quantitative estimate of drug-likeness (QED) is 0.788. The Morgan fingerprint density at radius 3 is 2.68 bits per heavy atom. The summed E-state index contributed by atoms with van der Waals surface area (Å²) in [5.41, 5.74) is 0.740. The lowest BCUT2D eigenvalue weighted by atomic mass is 10.1. The molecule has 0 aromatic heterocycles. The van der Waals surface area contributed by atoms with Crippen molar-refractivity contribution in [2.45, 2.75) is 32.0 Å². The van der Waals surface area contributed by atoms with E-state index in [1.807, 2.05) is 6.07 Å². The number of alkyl halides is 2. The van der Waals surface area contributed by atoms with Crippen LogP contribution in [-0.4, -0.2) is 26.4 Å². The predicted molar refractivity (Wildman–Crippen MR) is 68.3 cm³/mol. The fourth-order valence-corrected chi connectivity index (χ4v) is 2.14. The van der Waals surface area contributed by atoms with E-state index in [0.29, 0.717) is 19.1 Å². The fourth-order valence-electron chi connectivity index (χ4n) is 2.14. The molecule has 1 aromatic carbocycles. The highest BCUT2D eigenvalue weighted by molar-refractivity contribution is 5.33. The number of hydrogen-bond donors (Lipinski definition) is 1. The van der Waals surface area contributed by atoms with Gasteiger partial charge in [0.2, 0.25) is 0 Å². The zero-order valence-electron chi connectivity index (χ0n) is 10.9. The molecule has 1 saturated carbocycles. The second-order valence-electron chi connectivity index (χ2n) is 4.77. The van der Waals surface area contributed by atoms with Gasteiger partial charge in [-0.05, 0) is 24.8 Å². The lowest BCUT2D eigenvalue weighted by Crippen LogP contribution is -2.34. The summed E-state index contributed by atoms with van der Waals surface area (Å²) in [5, 5.41) is 3.36. The zero-order chi connectivity index (χ0) is 13.7. The van der Waals surface area contributed by atoms with E-state index in [4.69, 9.17) is 4.74 Å². The molecule has 1 unspecified atom stereocenters. The zero-order valence-corrected chi connectivity index (χ0v) is 10.9. The van der Waals surface area contributed by atoms with Crippen molar-refractivity contribution in [2.75, 3.05) is 13.7 Å². The topological polar surface area (TPSA) is 30.5 Å². The van der Waals surface area contributed by atoms with Crippen LogP contribution in [0.15, 0.2) is 24.3 Å². The molecule has 0 saturated heterocycles. The average Bonchev–Trinajstić information content (AvgIpc) is 3.19. The molecular formula is C14H19F2NO2. The van der Waals surface area contributed by atoms with E-state index in [2.05, 4.69) is 10.1 Å². The second-order valence-corrected chi connectivity index (χ2v) is 4.77. The number of nitrogens with one attached hydrogen (secondary N) is 1. The van der Waals surface area contributed by atoms with Crippen LogP contribution in [0, 0.1) is 5.92 Å². The summed E-state index contributed by atoms with van der Waals surface area (Å²) < 4.78 is 34.3. The number of halogens is 2. The highest BCUT2D eigenvalue weighted by Crippen LogP contribution is 2.33. The standard InChI is InChI=1S/C14H19F2NO2/c1-18-9-12(10-6-7-10)17-8-11-4-2-3-5-13(11)19-14(15)16/h2-5,10,12,14,17H,6-9H2,1H3. The van der Waals surface area contributed by atoms with E-state index in [-0.39, 0.29) is 11.8 Å². The normalized spacial score (nSPS) is 16.6. The molecule has 1 aliphatic carbocycles. The first-order valence-electron chi connectivity index (χ1n) is 6.45. The van der Waals surface area contributed by atoms with Gasteiger partial charge in [-0.1, -0.05) is 18.2 Å². The molecule has 1 aromatic rings. The van der Waals surface area contributed by atoms with Crippen molar-refractivity contribution in [2.24, 2.45) is 5.92 Å². The lowest BCUT2D eigenvalue weighted by molar-refractivity contribution is -0.0505. The van der Waals surface area contributed by atoms with Gasteiger partial charge in [-0.15, -0.1) is 0 Å². The van der Waals surface area contributed by atoms with Crippen LogP contribution in [0.4, 0.5) is 8.78 Å². The third-order valence-electron chi connectivity index (χ3n) is 3.28. The molecule has 0 aliphatic heterocycles. The Bertz CT molecular complexity index is 397. The van der Waals surface area contributed by atoms with Crippen LogP contribution >= 0.6 is 0 Å². The van der Waals surface area contributed by atoms with Crippen LogP contribution < -0.4 is 10.1 Å². The molecular weight excluding hydrogens is 252 g/mol. The van der Waals surface area contributed by atoms with E-state index >= 15 is 0 Å². The summed E-state index contributed by atoms with van der Waals surface area (Å²) in [6.45, 7) is -1.64. The van der Waals surface area contributed by atoms with Crippen LogP contribution in [-0.2, 0) is 11.3 Å². The summed E-state index contributed by atoms with van der Waals surface area (Å²) in [7, 11) is 1.67. The van der Waals surface area contributed by atoms with Crippen molar-refractivity contribution in [1.29, 1.82) is 0 Å². The van der Waals surface area contributed by atoms with Crippen LogP contribution in [0.5, 0.6) is 5.75 Å². The fraction of sp³-hybridized carbons (Fsp3) is 0.571. The molecule has 2 rings (SSSR count). The molecule has 1 atom stereocenters. The molecule has 19 heavy (non-hydrogen) atoms. The maximum atomic E-state index is 12.3. The Hall–Kier alpha value is -1.20. The number of methoxy groups -OCH3 is 1. The Morgan fingerprint density at radius 1 is 1.32 bits per heavy atom. The van der Waals surface area contributed by atoms with Crippen LogP contribution in [0.1, 0.15) is 18.4 Å². The smallest absolute Gasteiger partial charge is 0.387 e. The van der Waals surface area contributed by atoms with E-state index in [0.717, 1.165) is 5.56 Å². The molecule has 1 fully saturated rings. The molecule has 0 heterocycles. The van der Waals surface area contributed by atoms with Crippen molar-refractivity contribution in [3.63, 3.8) is 0 Å². The van der Waals surface area contributed by atoms with Gasteiger partial charge in [0, 0.05) is 25.3 Å². The van der Waals surface area contributed by atoms with Gasteiger partial charge in [0.25, 0.3) is 0 Å². The number of benzene rings is 1. The molecule has 1 aliphatic rings. The number of hydrogen-bond acceptors (Lipinski definition) is 3. The predicted octanol–water partition coefficient (Wildman–Crippen LogP) is 2.80. The number of rotatable bonds is 8. The van der Waals surface area contributed by atoms with Crippen LogP contribution in [0.3, 0.4) is 0 Å². The molecule has 1 N–H and O–H groups in total. The summed E-state index contributed by atoms with van der Waals surface area (Å²) >= 11 is 0. The van der Waals surface area contributed by atoms with Crippen molar-refractivity contribution >= 4 is 0 Å². The Labute approximate surface area is 111 Å². The van der Waals surface area contributed by atoms with Crippen LogP contribution in [0.25, 0.3) is 0 Å². The number of para-hydroxylation sites is 1. The van der Waals surface area contributed by atoms with Gasteiger partial charge in [-0.25, -0.2) is 0 Å². The first-order chi connectivity index (χ1) is 9.20. The van der Waals surface area contributed by atoms with Gasteiger partial charge >= 0.3 is 6.61 Å². The Balaban J connectivity index is 1.93. The van der Waals surface area contributed by atoms with Gasteiger partial charge in [0.05, 0.1) is 6.61 Å². The molecule has 3 nitrogen and oxygen atoms in total. The third kappa shape index (κ3) is 4.44. The maximum absolute atomic E-state index is 12.3. The maximum Gasteiger partial charge on any atom is 0.387 e. The summed E-state index contributed by atoms with van der Waals surface area (Å²) in [4.78, 5) is 0. The number of ether oxygens (including phenoxy) is 2. The van der Waals surface area contributed by atoms with Gasteiger partial charge < -0.3 is 14.8 Å². The minimum atomic E-state index is -2.79. The molecule has 106 valence electrons. The molecule has 0 bridgehead atoms. The first-order valence-corrected chi connectivity index (χ1v) is 6.45. The molecule has 5 heteroatoms. The van der Waals surface area contributed by atoms with Crippen molar-refractivity contribution in [3.8, 4) is 5.75 Å². The highest BCUT2D eigenvalue weighted by atomic mass is 19.3. The van der Waals surface area contributed by atoms with Gasteiger partial charge in [-0.3, -0.25) is 0 Å². The van der Waals surface area contributed by atoms with Crippen LogP contribution in [0.2, 0.25) is 0 Å². The van der Waals surface area contributed by atoms with E-state index in [1.54, 1.807) is 25.3 Å². The van der Waals surface area contributed by atoms with E-state index in [1.165, 1.54) is 12.8 Å². The van der Waals surface area contributed by atoms with Gasteiger partial charge in [0.1, 0.15) is 5.75 Å². The molecule has 0 spiro atoms. The molecule has 0 amide bonds. The largest absolute Gasteiger partial charge is 0.434 e. The summed E-state index contributed by atoms with van der Waals surface area (Å²) in [5.74, 6) is 0.875. The van der Waals surface area contributed by atoms with E-state index in [9.17, 15) is 8.78 Å².